The molecular weight excluding hydrogens is 287 g/mol. The molecule has 0 aliphatic carbocycles. The molecule has 2 rings (SSSR count). The highest BCUT2D eigenvalue weighted by Crippen LogP contribution is 2.30. The van der Waals surface area contributed by atoms with E-state index in [1.807, 2.05) is 6.92 Å². The lowest BCUT2D eigenvalue weighted by atomic mass is 10.2. The number of aromatic carboxylic acids is 1. The molecule has 1 heterocycles. The van der Waals surface area contributed by atoms with Crippen molar-refractivity contribution in [2.75, 3.05) is 0 Å². The minimum absolute atomic E-state index is 0.330. The molecule has 0 bridgehead atoms. The van der Waals surface area contributed by atoms with Gasteiger partial charge in [0, 0.05) is 11.3 Å². The molecule has 2 aromatic rings. The lowest BCUT2D eigenvalue weighted by molar-refractivity contribution is 0.0691. The number of aryl methyl sites for hydroxylation is 1. The van der Waals surface area contributed by atoms with E-state index < -0.39 is 11.8 Å². The van der Waals surface area contributed by atoms with E-state index in [0.717, 1.165) is 29.1 Å². The third-order valence-corrected chi connectivity index (χ3v) is 4.08. The van der Waals surface area contributed by atoms with Crippen LogP contribution in [0.2, 0.25) is 0 Å². The van der Waals surface area contributed by atoms with E-state index in [2.05, 4.69) is 9.36 Å². The van der Waals surface area contributed by atoms with Crippen LogP contribution in [0, 0.1) is 5.82 Å². The van der Waals surface area contributed by atoms with Gasteiger partial charge in [-0.1, -0.05) is 18.7 Å². The molecule has 0 aliphatic heterocycles. The van der Waals surface area contributed by atoms with Crippen LogP contribution >= 0.6 is 23.3 Å². The zero-order chi connectivity index (χ0) is 13.8. The topological polar surface area (TPSA) is 63.1 Å². The monoisotopic (exact) mass is 298 g/mol. The average Bonchev–Trinajstić information content (AvgIpc) is 2.79. The maximum Gasteiger partial charge on any atom is 0.338 e. The molecule has 4 nitrogen and oxygen atoms in total. The summed E-state index contributed by atoms with van der Waals surface area (Å²) in [5.41, 5.74) is -0.330. The zero-order valence-electron chi connectivity index (χ0n) is 10.1. The summed E-state index contributed by atoms with van der Waals surface area (Å²) in [7, 11) is 0. The molecule has 7 heteroatoms. The van der Waals surface area contributed by atoms with Crippen LogP contribution in [0.25, 0.3) is 0 Å². The Morgan fingerprint density at radius 3 is 3.00 bits per heavy atom. The fourth-order valence-electron chi connectivity index (χ4n) is 1.44. The van der Waals surface area contributed by atoms with E-state index in [-0.39, 0.29) is 5.56 Å². The van der Waals surface area contributed by atoms with Crippen molar-refractivity contribution < 1.29 is 14.3 Å². The Balaban J connectivity index is 2.18. The summed E-state index contributed by atoms with van der Waals surface area (Å²) in [6, 6.07) is 4.00. The van der Waals surface area contributed by atoms with Gasteiger partial charge in [0.1, 0.15) is 11.6 Å². The summed E-state index contributed by atoms with van der Waals surface area (Å²) < 4.78 is 18.2. The van der Waals surface area contributed by atoms with Crippen molar-refractivity contribution in [3.05, 3.63) is 35.4 Å². The van der Waals surface area contributed by atoms with Crippen LogP contribution in [0.1, 0.15) is 29.5 Å². The van der Waals surface area contributed by atoms with Gasteiger partial charge < -0.3 is 5.11 Å². The largest absolute Gasteiger partial charge is 0.478 e. The molecule has 0 spiro atoms. The van der Waals surface area contributed by atoms with Gasteiger partial charge in [0.05, 0.1) is 5.56 Å². The van der Waals surface area contributed by atoms with Gasteiger partial charge in [0.25, 0.3) is 0 Å². The van der Waals surface area contributed by atoms with Gasteiger partial charge in [0.15, 0.2) is 4.34 Å². The normalized spacial score (nSPS) is 10.6. The van der Waals surface area contributed by atoms with Crippen LogP contribution in [0.3, 0.4) is 0 Å². The first-order valence-electron chi connectivity index (χ1n) is 5.63. The summed E-state index contributed by atoms with van der Waals surface area (Å²) >= 11 is 2.55. The van der Waals surface area contributed by atoms with E-state index >= 15 is 0 Å². The second-order valence-corrected chi connectivity index (χ2v) is 5.85. The molecule has 0 radical (unpaired) electrons. The molecule has 1 aromatic carbocycles. The summed E-state index contributed by atoms with van der Waals surface area (Å²) in [6.45, 7) is 2.05. The number of carboxylic acid groups (broad SMARTS) is 1. The second-order valence-electron chi connectivity index (χ2n) is 3.78. The fraction of sp³-hybridized carbons (Fsp3) is 0.250. The average molecular weight is 298 g/mol. The quantitative estimate of drug-likeness (QED) is 0.915. The Morgan fingerprint density at radius 2 is 2.32 bits per heavy atom. The number of benzene rings is 1. The first-order chi connectivity index (χ1) is 9.10. The maximum absolute atomic E-state index is 13.2. The van der Waals surface area contributed by atoms with Crippen LogP contribution in [0.5, 0.6) is 0 Å². The minimum atomic E-state index is -1.27. The van der Waals surface area contributed by atoms with E-state index in [1.165, 1.54) is 35.4 Å². The molecule has 0 unspecified atom stereocenters. The molecule has 1 N–H and O–H groups in total. The van der Waals surface area contributed by atoms with Crippen molar-refractivity contribution in [2.45, 2.75) is 29.0 Å². The molecule has 0 fully saturated rings. The van der Waals surface area contributed by atoms with Crippen molar-refractivity contribution in [3.63, 3.8) is 0 Å². The number of aromatic nitrogens is 2. The Morgan fingerprint density at radius 1 is 1.53 bits per heavy atom. The zero-order valence-corrected chi connectivity index (χ0v) is 11.7. The van der Waals surface area contributed by atoms with Gasteiger partial charge in [-0.05, 0) is 36.2 Å². The second kappa shape index (κ2) is 6.12. The van der Waals surface area contributed by atoms with Gasteiger partial charge in [-0.2, -0.15) is 4.37 Å². The Labute approximate surface area is 117 Å². The number of carbonyl (C=O) groups is 1. The molecule has 0 atom stereocenters. The molecule has 0 aliphatic rings. The van der Waals surface area contributed by atoms with Gasteiger partial charge in [-0.25, -0.2) is 14.2 Å². The minimum Gasteiger partial charge on any atom is -0.478 e. The first-order valence-corrected chi connectivity index (χ1v) is 7.22. The number of hydrogen-bond acceptors (Lipinski definition) is 5. The van der Waals surface area contributed by atoms with E-state index in [9.17, 15) is 9.18 Å². The Hall–Kier alpha value is -1.47. The van der Waals surface area contributed by atoms with Crippen molar-refractivity contribution in [1.82, 2.24) is 9.36 Å². The number of rotatable bonds is 5. The van der Waals surface area contributed by atoms with Gasteiger partial charge in [-0.3, -0.25) is 0 Å². The number of nitrogens with zero attached hydrogens (tertiary/aromatic N) is 2. The van der Waals surface area contributed by atoms with Gasteiger partial charge in [0.2, 0.25) is 0 Å². The molecule has 0 amide bonds. The van der Waals surface area contributed by atoms with Crippen molar-refractivity contribution in [2.24, 2.45) is 0 Å². The van der Waals surface area contributed by atoms with Gasteiger partial charge in [-0.15, -0.1) is 0 Å². The highest BCUT2D eigenvalue weighted by Gasteiger charge is 2.12. The molecule has 0 saturated carbocycles. The van der Waals surface area contributed by atoms with Crippen LogP contribution in [-0.4, -0.2) is 20.4 Å². The van der Waals surface area contributed by atoms with Crippen molar-refractivity contribution in [3.8, 4) is 0 Å². The number of hydrogen-bond donors (Lipinski definition) is 1. The summed E-state index contributed by atoms with van der Waals surface area (Å²) in [5.74, 6) is -1.22. The van der Waals surface area contributed by atoms with Crippen molar-refractivity contribution in [1.29, 1.82) is 0 Å². The summed E-state index contributed by atoms with van der Waals surface area (Å²) in [6.07, 6.45) is 1.79. The predicted molar refractivity (Wildman–Crippen MR) is 71.4 cm³/mol. The molecule has 1 aromatic heterocycles. The number of carboxylic acids is 1. The predicted octanol–water partition coefficient (Wildman–Crippen LogP) is 3.48. The van der Waals surface area contributed by atoms with Crippen LogP contribution in [0.4, 0.5) is 4.39 Å². The number of halogens is 1. The molecule has 19 heavy (non-hydrogen) atoms. The van der Waals surface area contributed by atoms with Crippen LogP contribution < -0.4 is 0 Å². The van der Waals surface area contributed by atoms with E-state index in [1.54, 1.807) is 0 Å². The SMILES string of the molecule is CCCc1nsc(Sc2ccc(F)c(C(=O)O)c2)n1. The van der Waals surface area contributed by atoms with Crippen molar-refractivity contribution >= 4 is 29.3 Å². The van der Waals surface area contributed by atoms with Gasteiger partial charge >= 0.3 is 5.97 Å². The lowest BCUT2D eigenvalue weighted by Crippen LogP contribution is -2.00. The molecular formula is C12H11FN2O2S2. The lowest BCUT2D eigenvalue weighted by Gasteiger charge is -2.01. The smallest absolute Gasteiger partial charge is 0.338 e. The van der Waals surface area contributed by atoms with E-state index in [4.69, 9.17) is 5.11 Å². The molecule has 100 valence electrons. The third kappa shape index (κ3) is 3.51. The third-order valence-electron chi connectivity index (χ3n) is 2.30. The highest BCUT2D eigenvalue weighted by molar-refractivity contribution is 8.01. The fourth-order valence-corrected chi connectivity index (χ4v) is 3.11. The maximum atomic E-state index is 13.2. The van der Waals surface area contributed by atoms with Crippen LogP contribution in [0.15, 0.2) is 27.4 Å². The summed E-state index contributed by atoms with van der Waals surface area (Å²) in [5, 5.41) is 8.86. The van der Waals surface area contributed by atoms with Crippen LogP contribution in [-0.2, 0) is 6.42 Å². The molecule has 0 saturated heterocycles. The standard InChI is InChI=1S/C12H11FN2O2S2/c1-2-3-10-14-12(19-15-10)18-7-4-5-9(13)8(6-7)11(16)17/h4-6H,2-3H2,1H3,(H,16,17). The first kappa shape index (κ1) is 14.0. The Kier molecular flexibility index (Phi) is 4.49. The van der Waals surface area contributed by atoms with E-state index in [0.29, 0.717) is 4.90 Å². The highest BCUT2D eigenvalue weighted by atomic mass is 32.2. The summed E-state index contributed by atoms with van der Waals surface area (Å²) in [4.78, 5) is 15.8. The Bertz CT molecular complexity index is 601.